The second-order valence-corrected chi connectivity index (χ2v) is 5.60. The van der Waals surface area contributed by atoms with Crippen molar-refractivity contribution in [1.82, 2.24) is 4.90 Å². The lowest BCUT2D eigenvalue weighted by molar-refractivity contribution is 0.0729. The molecule has 0 spiro atoms. The molecule has 1 aliphatic rings. The molecule has 104 valence electrons. The van der Waals surface area contributed by atoms with Gasteiger partial charge in [0, 0.05) is 18.2 Å². The van der Waals surface area contributed by atoms with Gasteiger partial charge in [-0.25, -0.2) is 0 Å². The fourth-order valence-electron chi connectivity index (χ4n) is 3.02. The normalized spacial score (nSPS) is 18.9. The van der Waals surface area contributed by atoms with Crippen molar-refractivity contribution in [2.45, 2.75) is 45.6 Å². The van der Waals surface area contributed by atoms with Crippen LogP contribution in [-0.4, -0.2) is 29.9 Å². The molecule has 0 saturated carbocycles. The predicted octanol–water partition coefficient (Wildman–Crippen LogP) is 2.65. The topological polar surface area (TPSA) is 46.3 Å². The van der Waals surface area contributed by atoms with Gasteiger partial charge in [-0.2, -0.15) is 0 Å². The van der Waals surface area contributed by atoms with Gasteiger partial charge >= 0.3 is 0 Å². The lowest BCUT2D eigenvalue weighted by Gasteiger charge is -2.25. The van der Waals surface area contributed by atoms with Gasteiger partial charge in [-0.15, -0.1) is 0 Å². The van der Waals surface area contributed by atoms with Crippen molar-refractivity contribution in [3.05, 3.63) is 34.9 Å². The zero-order chi connectivity index (χ0) is 13.8. The van der Waals surface area contributed by atoms with Crippen LogP contribution < -0.4 is 5.73 Å². The molecule has 1 heterocycles. The summed E-state index contributed by atoms with van der Waals surface area (Å²) in [6.07, 6.45) is 4.27. The number of nitrogens with zero attached hydrogens (tertiary/aromatic N) is 1. The van der Waals surface area contributed by atoms with Crippen LogP contribution in [0.1, 0.15) is 47.2 Å². The average molecular weight is 260 g/mol. The Kier molecular flexibility index (Phi) is 4.59. The molecule has 19 heavy (non-hydrogen) atoms. The van der Waals surface area contributed by atoms with E-state index in [0.29, 0.717) is 12.6 Å². The molecule has 0 aliphatic carbocycles. The molecule has 1 aromatic rings. The van der Waals surface area contributed by atoms with Crippen LogP contribution in [-0.2, 0) is 0 Å². The number of nitrogens with two attached hydrogens (primary N) is 1. The first-order chi connectivity index (χ1) is 9.11. The Balaban J connectivity index is 2.13. The van der Waals surface area contributed by atoms with Crippen LogP contribution in [0, 0.1) is 13.8 Å². The standard InChI is InChI=1S/C16H24N2O/c1-12-9-13(2)11-14(10-12)16(19)18-8-4-6-15(18)5-3-7-17/h9-11,15H,3-8,17H2,1-2H3. The lowest BCUT2D eigenvalue weighted by atomic mass is 10.0. The molecule has 1 atom stereocenters. The zero-order valence-electron chi connectivity index (χ0n) is 12.0. The molecule has 2 N–H and O–H groups in total. The first kappa shape index (κ1) is 14.1. The largest absolute Gasteiger partial charge is 0.336 e. The van der Waals surface area contributed by atoms with Gasteiger partial charge in [-0.3, -0.25) is 4.79 Å². The average Bonchev–Trinajstić information content (AvgIpc) is 2.82. The zero-order valence-corrected chi connectivity index (χ0v) is 12.0. The van der Waals surface area contributed by atoms with Gasteiger partial charge in [0.15, 0.2) is 0 Å². The number of amides is 1. The highest BCUT2D eigenvalue weighted by molar-refractivity contribution is 5.95. The van der Waals surface area contributed by atoms with Gasteiger partial charge in [-0.05, 0) is 58.2 Å². The fraction of sp³-hybridized carbons (Fsp3) is 0.562. The Bertz CT molecular complexity index is 436. The summed E-state index contributed by atoms with van der Waals surface area (Å²) in [7, 11) is 0. The van der Waals surface area contributed by atoms with Gasteiger partial charge in [0.05, 0.1) is 0 Å². The van der Waals surface area contributed by atoms with Crippen LogP contribution in [0.4, 0.5) is 0 Å². The number of carbonyl (C=O) groups excluding carboxylic acids is 1. The lowest BCUT2D eigenvalue weighted by Crippen LogP contribution is -2.35. The van der Waals surface area contributed by atoms with E-state index < -0.39 is 0 Å². The molecular weight excluding hydrogens is 236 g/mol. The molecule has 0 aromatic heterocycles. The summed E-state index contributed by atoms with van der Waals surface area (Å²) in [5, 5.41) is 0. The van der Waals surface area contributed by atoms with E-state index in [4.69, 9.17) is 5.73 Å². The maximum absolute atomic E-state index is 12.6. The van der Waals surface area contributed by atoms with Crippen molar-refractivity contribution in [3.8, 4) is 0 Å². The fourth-order valence-corrected chi connectivity index (χ4v) is 3.02. The third kappa shape index (κ3) is 3.35. The molecule has 1 fully saturated rings. The van der Waals surface area contributed by atoms with Crippen LogP contribution >= 0.6 is 0 Å². The third-order valence-corrected chi connectivity index (χ3v) is 3.85. The second-order valence-electron chi connectivity index (χ2n) is 5.60. The van der Waals surface area contributed by atoms with Crippen molar-refractivity contribution in [2.24, 2.45) is 5.73 Å². The SMILES string of the molecule is Cc1cc(C)cc(C(=O)N2CCCC2CCCN)c1. The Labute approximate surface area is 115 Å². The van der Waals surface area contributed by atoms with Crippen LogP contribution in [0.15, 0.2) is 18.2 Å². The third-order valence-electron chi connectivity index (χ3n) is 3.85. The number of benzene rings is 1. The number of carbonyl (C=O) groups is 1. The van der Waals surface area contributed by atoms with E-state index in [0.717, 1.165) is 48.9 Å². The summed E-state index contributed by atoms with van der Waals surface area (Å²) in [4.78, 5) is 14.7. The van der Waals surface area contributed by atoms with E-state index in [1.54, 1.807) is 0 Å². The summed E-state index contributed by atoms with van der Waals surface area (Å²) in [5.74, 6) is 0.186. The Morgan fingerprint density at radius 1 is 1.32 bits per heavy atom. The minimum atomic E-state index is 0.186. The number of rotatable bonds is 4. The van der Waals surface area contributed by atoms with Crippen molar-refractivity contribution < 1.29 is 4.79 Å². The smallest absolute Gasteiger partial charge is 0.254 e. The van der Waals surface area contributed by atoms with E-state index in [9.17, 15) is 4.79 Å². The number of likely N-dealkylation sites (tertiary alicyclic amines) is 1. The summed E-state index contributed by atoms with van der Waals surface area (Å²) in [6, 6.07) is 6.48. The first-order valence-corrected chi connectivity index (χ1v) is 7.21. The van der Waals surface area contributed by atoms with Gasteiger partial charge in [0.2, 0.25) is 0 Å². The molecule has 1 aliphatic heterocycles. The summed E-state index contributed by atoms with van der Waals surface area (Å²) in [5.41, 5.74) is 8.71. The molecule has 1 unspecified atom stereocenters. The molecule has 2 rings (SSSR count). The highest BCUT2D eigenvalue weighted by Gasteiger charge is 2.28. The van der Waals surface area contributed by atoms with Crippen molar-refractivity contribution in [3.63, 3.8) is 0 Å². The number of hydrogen-bond donors (Lipinski definition) is 1. The molecule has 1 aromatic carbocycles. The minimum Gasteiger partial charge on any atom is -0.336 e. The summed E-state index contributed by atoms with van der Waals surface area (Å²) in [6.45, 7) is 5.68. The Morgan fingerprint density at radius 2 is 2.00 bits per heavy atom. The van der Waals surface area contributed by atoms with Crippen LogP contribution in [0.2, 0.25) is 0 Å². The van der Waals surface area contributed by atoms with Gasteiger partial charge in [-0.1, -0.05) is 17.2 Å². The molecule has 0 bridgehead atoms. The molecular formula is C16H24N2O. The van der Waals surface area contributed by atoms with Crippen molar-refractivity contribution >= 4 is 5.91 Å². The predicted molar refractivity (Wildman–Crippen MR) is 78.3 cm³/mol. The van der Waals surface area contributed by atoms with E-state index >= 15 is 0 Å². The van der Waals surface area contributed by atoms with Crippen LogP contribution in [0.25, 0.3) is 0 Å². The molecule has 0 radical (unpaired) electrons. The molecule has 3 nitrogen and oxygen atoms in total. The number of hydrogen-bond acceptors (Lipinski definition) is 2. The van der Waals surface area contributed by atoms with E-state index in [-0.39, 0.29) is 5.91 Å². The number of aryl methyl sites for hydroxylation is 2. The van der Waals surface area contributed by atoms with Gasteiger partial charge in [0.1, 0.15) is 0 Å². The maximum Gasteiger partial charge on any atom is 0.254 e. The monoisotopic (exact) mass is 260 g/mol. The Morgan fingerprint density at radius 3 is 2.63 bits per heavy atom. The van der Waals surface area contributed by atoms with Crippen LogP contribution in [0.3, 0.4) is 0 Å². The first-order valence-electron chi connectivity index (χ1n) is 7.21. The van der Waals surface area contributed by atoms with Gasteiger partial charge < -0.3 is 10.6 Å². The van der Waals surface area contributed by atoms with E-state index in [2.05, 4.69) is 6.07 Å². The van der Waals surface area contributed by atoms with Gasteiger partial charge in [0.25, 0.3) is 5.91 Å². The highest BCUT2D eigenvalue weighted by atomic mass is 16.2. The Hall–Kier alpha value is -1.35. The minimum absolute atomic E-state index is 0.186. The molecule has 1 saturated heterocycles. The van der Waals surface area contributed by atoms with E-state index in [1.807, 2.05) is 30.9 Å². The highest BCUT2D eigenvalue weighted by Crippen LogP contribution is 2.24. The van der Waals surface area contributed by atoms with Crippen molar-refractivity contribution in [2.75, 3.05) is 13.1 Å². The quantitative estimate of drug-likeness (QED) is 0.904. The second kappa shape index (κ2) is 6.20. The summed E-state index contributed by atoms with van der Waals surface area (Å²) >= 11 is 0. The summed E-state index contributed by atoms with van der Waals surface area (Å²) < 4.78 is 0. The van der Waals surface area contributed by atoms with E-state index in [1.165, 1.54) is 0 Å². The molecule has 1 amide bonds. The maximum atomic E-state index is 12.6. The molecule has 3 heteroatoms. The van der Waals surface area contributed by atoms with Crippen LogP contribution in [0.5, 0.6) is 0 Å². The van der Waals surface area contributed by atoms with Crippen molar-refractivity contribution in [1.29, 1.82) is 0 Å².